The first-order valence-electron chi connectivity index (χ1n) is 10.0. The highest BCUT2D eigenvalue weighted by Crippen LogP contribution is 2.52. The van der Waals surface area contributed by atoms with Crippen LogP contribution in [0.5, 0.6) is 0 Å². The van der Waals surface area contributed by atoms with Crippen LogP contribution in [0.4, 0.5) is 11.4 Å². The standard InChI is InChI=1S/C24H19ClN2O4S/c1-16-10-12-18(13-11-16)27-22(28)15-32(30,31)24(27)19-7-3-5-9-21(19)26(23(24)29)14-17-6-2-4-8-20(17)25/h2-13H,14-15H2,1H3. The molecule has 3 aromatic rings. The molecule has 1 spiro atoms. The molecule has 0 aliphatic carbocycles. The predicted octanol–water partition coefficient (Wildman–Crippen LogP) is 3.81. The molecule has 1 unspecified atom stereocenters. The smallest absolute Gasteiger partial charge is 0.274 e. The van der Waals surface area contributed by atoms with Crippen molar-refractivity contribution in [3.63, 3.8) is 0 Å². The molecular weight excluding hydrogens is 448 g/mol. The van der Waals surface area contributed by atoms with Crippen LogP contribution in [0, 0.1) is 6.92 Å². The van der Waals surface area contributed by atoms with E-state index in [1.807, 2.05) is 6.92 Å². The Hall–Kier alpha value is -3.16. The number of rotatable bonds is 3. The van der Waals surface area contributed by atoms with Crippen molar-refractivity contribution in [3.05, 3.63) is 94.5 Å². The third-order valence-corrected chi connectivity index (χ3v) is 8.47. The fourth-order valence-corrected chi connectivity index (χ4v) is 6.77. The van der Waals surface area contributed by atoms with E-state index in [1.165, 1.54) is 4.90 Å². The van der Waals surface area contributed by atoms with E-state index in [-0.39, 0.29) is 12.1 Å². The van der Waals surface area contributed by atoms with Crippen LogP contribution < -0.4 is 9.80 Å². The van der Waals surface area contributed by atoms with Gasteiger partial charge < -0.3 is 4.90 Å². The molecule has 2 amide bonds. The van der Waals surface area contributed by atoms with Crippen molar-refractivity contribution in [2.75, 3.05) is 15.6 Å². The molecule has 6 nitrogen and oxygen atoms in total. The molecule has 5 rings (SSSR count). The van der Waals surface area contributed by atoms with E-state index in [0.29, 0.717) is 22.0 Å². The van der Waals surface area contributed by atoms with Gasteiger partial charge >= 0.3 is 0 Å². The summed E-state index contributed by atoms with van der Waals surface area (Å²) in [4.78, 5) is 27.5. The molecule has 32 heavy (non-hydrogen) atoms. The molecule has 0 bridgehead atoms. The van der Waals surface area contributed by atoms with Gasteiger partial charge in [-0.1, -0.05) is 65.7 Å². The summed E-state index contributed by atoms with van der Waals surface area (Å²) in [7, 11) is -4.19. The number of hydrogen-bond donors (Lipinski definition) is 0. The molecule has 0 saturated carbocycles. The Labute approximate surface area is 190 Å². The minimum atomic E-state index is -4.19. The minimum Gasteiger partial charge on any atom is -0.304 e. The van der Waals surface area contributed by atoms with Gasteiger partial charge in [0, 0.05) is 16.3 Å². The van der Waals surface area contributed by atoms with Gasteiger partial charge in [0.05, 0.1) is 12.2 Å². The quantitative estimate of drug-likeness (QED) is 0.588. The first-order chi connectivity index (χ1) is 15.3. The van der Waals surface area contributed by atoms with Crippen LogP contribution in [0.15, 0.2) is 72.8 Å². The Morgan fingerprint density at radius 1 is 0.938 bits per heavy atom. The van der Waals surface area contributed by atoms with E-state index in [9.17, 15) is 18.0 Å². The zero-order chi connectivity index (χ0) is 22.7. The lowest BCUT2D eigenvalue weighted by Gasteiger charge is -2.32. The third-order valence-electron chi connectivity index (χ3n) is 6.00. The number of anilines is 2. The molecule has 1 saturated heterocycles. The van der Waals surface area contributed by atoms with Gasteiger partial charge in [0.25, 0.3) is 10.8 Å². The van der Waals surface area contributed by atoms with Crippen molar-refractivity contribution in [3.8, 4) is 0 Å². The first kappa shape index (κ1) is 20.7. The maximum Gasteiger partial charge on any atom is 0.274 e. The summed E-state index contributed by atoms with van der Waals surface area (Å²) in [5.41, 5.74) is 2.73. The largest absolute Gasteiger partial charge is 0.304 e. The van der Waals surface area contributed by atoms with E-state index in [4.69, 9.17) is 11.6 Å². The Kier molecular flexibility index (Phi) is 4.65. The molecule has 1 atom stereocenters. The number of benzene rings is 3. The van der Waals surface area contributed by atoms with Gasteiger partial charge in [0.2, 0.25) is 5.91 Å². The Balaban J connectivity index is 1.74. The fourth-order valence-electron chi connectivity index (χ4n) is 4.54. The summed E-state index contributed by atoms with van der Waals surface area (Å²) in [6.07, 6.45) is 0. The maximum atomic E-state index is 14.0. The number of halogens is 1. The zero-order valence-electron chi connectivity index (χ0n) is 17.2. The van der Waals surface area contributed by atoms with Crippen LogP contribution in [-0.4, -0.2) is 26.0 Å². The van der Waals surface area contributed by atoms with Crippen LogP contribution in [0.3, 0.4) is 0 Å². The second-order valence-electron chi connectivity index (χ2n) is 7.97. The van der Waals surface area contributed by atoms with Gasteiger partial charge in [0.15, 0.2) is 9.84 Å². The summed E-state index contributed by atoms with van der Waals surface area (Å²) < 4.78 is 27.1. The molecule has 162 valence electrons. The maximum absolute atomic E-state index is 14.0. The lowest BCUT2D eigenvalue weighted by Crippen LogP contribution is -2.54. The second-order valence-corrected chi connectivity index (χ2v) is 10.5. The summed E-state index contributed by atoms with van der Waals surface area (Å²) in [5.74, 6) is -2.04. The van der Waals surface area contributed by atoms with Crippen LogP contribution in [0.25, 0.3) is 0 Å². The lowest BCUT2D eigenvalue weighted by molar-refractivity contribution is -0.123. The monoisotopic (exact) mass is 466 g/mol. The number of hydrogen-bond acceptors (Lipinski definition) is 4. The lowest BCUT2D eigenvalue weighted by atomic mass is 10.0. The minimum absolute atomic E-state index is 0.0860. The average molecular weight is 467 g/mol. The van der Waals surface area contributed by atoms with Crippen LogP contribution in [0.2, 0.25) is 5.02 Å². The molecule has 0 N–H and O–H groups in total. The van der Waals surface area contributed by atoms with Crippen molar-refractivity contribution < 1.29 is 18.0 Å². The molecule has 8 heteroatoms. The molecule has 3 aromatic carbocycles. The predicted molar refractivity (Wildman–Crippen MR) is 123 cm³/mol. The van der Waals surface area contributed by atoms with Gasteiger partial charge in [-0.2, -0.15) is 0 Å². The number of aryl methyl sites for hydroxylation is 1. The van der Waals surface area contributed by atoms with Gasteiger partial charge in [-0.25, -0.2) is 8.42 Å². The molecule has 2 aliphatic rings. The first-order valence-corrected chi connectivity index (χ1v) is 12.1. The van der Waals surface area contributed by atoms with Gasteiger partial charge in [-0.3, -0.25) is 14.5 Å². The highest BCUT2D eigenvalue weighted by atomic mass is 35.5. The van der Waals surface area contributed by atoms with Crippen molar-refractivity contribution in [2.24, 2.45) is 0 Å². The number of para-hydroxylation sites is 1. The number of sulfone groups is 1. The molecule has 0 aromatic heterocycles. The number of amides is 2. The average Bonchev–Trinajstić information content (AvgIpc) is 3.13. The fraction of sp³-hybridized carbons (Fsp3) is 0.167. The summed E-state index contributed by atoms with van der Waals surface area (Å²) in [6, 6.07) is 20.7. The third kappa shape index (κ3) is 2.74. The van der Waals surface area contributed by atoms with E-state index in [0.717, 1.165) is 10.5 Å². The Morgan fingerprint density at radius 2 is 1.59 bits per heavy atom. The normalized spacial score (nSPS) is 21.4. The number of carbonyl (C=O) groups excluding carboxylic acids is 2. The van der Waals surface area contributed by atoms with E-state index >= 15 is 0 Å². The SMILES string of the molecule is Cc1ccc(N2C(=O)CS(=O)(=O)C23C(=O)N(Cc2ccccc2Cl)c2ccccc23)cc1. The van der Waals surface area contributed by atoms with Crippen LogP contribution in [-0.2, 0) is 30.8 Å². The van der Waals surface area contributed by atoms with Gasteiger partial charge in [-0.15, -0.1) is 0 Å². The number of nitrogens with zero attached hydrogens (tertiary/aromatic N) is 2. The van der Waals surface area contributed by atoms with Gasteiger partial charge in [0.1, 0.15) is 5.75 Å². The highest BCUT2D eigenvalue weighted by Gasteiger charge is 2.69. The van der Waals surface area contributed by atoms with E-state index < -0.39 is 32.3 Å². The Morgan fingerprint density at radius 3 is 2.31 bits per heavy atom. The molecule has 2 heterocycles. The summed E-state index contributed by atoms with van der Waals surface area (Å²) in [5, 5.41) is 0.472. The van der Waals surface area contributed by atoms with Crippen molar-refractivity contribution >= 4 is 44.6 Å². The summed E-state index contributed by atoms with van der Waals surface area (Å²) >= 11 is 6.33. The van der Waals surface area contributed by atoms with E-state index in [1.54, 1.807) is 72.8 Å². The molecular formula is C24H19ClN2O4S. The topological polar surface area (TPSA) is 74.8 Å². The molecule has 0 radical (unpaired) electrons. The van der Waals surface area contributed by atoms with Crippen molar-refractivity contribution in [2.45, 2.75) is 18.3 Å². The highest BCUT2D eigenvalue weighted by molar-refractivity contribution is 7.94. The summed E-state index contributed by atoms with van der Waals surface area (Å²) in [6.45, 7) is 1.98. The van der Waals surface area contributed by atoms with Crippen LogP contribution in [0.1, 0.15) is 16.7 Å². The van der Waals surface area contributed by atoms with Crippen molar-refractivity contribution in [1.29, 1.82) is 0 Å². The zero-order valence-corrected chi connectivity index (χ0v) is 18.7. The van der Waals surface area contributed by atoms with Gasteiger partial charge in [-0.05, 0) is 36.8 Å². The van der Waals surface area contributed by atoms with Crippen LogP contribution >= 0.6 is 11.6 Å². The Bertz CT molecular complexity index is 1370. The molecule has 2 aliphatic heterocycles. The van der Waals surface area contributed by atoms with E-state index in [2.05, 4.69) is 0 Å². The number of fused-ring (bicyclic) bond motifs is 2. The second kappa shape index (κ2) is 7.18. The van der Waals surface area contributed by atoms with Crippen molar-refractivity contribution in [1.82, 2.24) is 0 Å². The molecule has 1 fully saturated rings. The number of carbonyl (C=O) groups is 2.